The summed E-state index contributed by atoms with van der Waals surface area (Å²) in [4.78, 5) is 0. The molecule has 4 aromatic heterocycles. The average molecular weight is 621 g/mol. The van der Waals surface area contributed by atoms with E-state index in [-0.39, 0.29) is 0 Å². The van der Waals surface area contributed by atoms with Crippen LogP contribution in [-0.4, -0.2) is 9.13 Å². The average Bonchev–Trinajstić information content (AvgIpc) is 3.86. The van der Waals surface area contributed by atoms with Gasteiger partial charge in [-0.1, -0.05) is 91.0 Å². The first-order valence-corrected chi connectivity index (χ1v) is 17.2. The van der Waals surface area contributed by atoms with E-state index in [2.05, 4.69) is 155 Å². The number of aromatic nitrogens is 2. The van der Waals surface area contributed by atoms with Gasteiger partial charge in [0.15, 0.2) is 0 Å². The molecule has 4 heterocycles. The fraction of sp³-hybridized carbons (Fsp3) is 0. The van der Waals surface area contributed by atoms with E-state index in [1.54, 1.807) is 0 Å². The Hall–Kier alpha value is -5.42. The zero-order valence-electron chi connectivity index (χ0n) is 24.6. The molecule has 214 valence electrons. The van der Waals surface area contributed by atoms with E-state index in [0.29, 0.717) is 0 Å². The van der Waals surface area contributed by atoms with Gasteiger partial charge in [-0.2, -0.15) is 0 Å². The molecule has 0 saturated carbocycles. The molecule has 11 rings (SSSR count). The summed E-state index contributed by atoms with van der Waals surface area (Å²) in [5.74, 6) is 0. The summed E-state index contributed by atoms with van der Waals surface area (Å²) < 4.78 is 10.4. The molecule has 0 unspecified atom stereocenters. The molecule has 7 aromatic carbocycles. The molecule has 46 heavy (non-hydrogen) atoms. The van der Waals surface area contributed by atoms with Crippen molar-refractivity contribution in [2.24, 2.45) is 0 Å². The largest absolute Gasteiger partial charge is 0.307 e. The van der Waals surface area contributed by atoms with Gasteiger partial charge in [0.1, 0.15) is 0 Å². The third-order valence-electron chi connectivity index (χ3n) is 9.68. The Bertz CT molecular complexity index is 3020. The van der Waals surface area contributed by atoms with E-state index in [1.165, 1.54) is 95.3 Å². The van der Waals surface area contributed by atoms with Gasteiger partial charge < -0.3 is 9.13 Å². The van der Waals surface area contributed by atoms with Crippen LogP contribution in [0.15, 0.2) is 146 Å². The molecule has 0 bridgehead atoms. The van der Waals surface area contributed by atoms with Gasteiger partial charge in [-0.25, -0.2) is 0 Å². The Kier molecular flexibility index (Phi) is 4.90. The standard InChI is InChI=1S/C42H24N2S2/c1-2-12-25(13-3-1)43-32-18-8-4-15-28(32)37-38-30-17-7-11-21-35(30)46-42(38)39-29-16-5-9-19-33(29)44(41(39)40(37)43)26-22-23-36-31(24-26)27-14-6-10-20-34(27)45-36/h1-24H. The number of nitrogens with zero attached hydrogens (tertiary/aromatic N) is 2. The number of benzene rings is 7. The molecule has 0 N–H and O–H groups in total. The van der Waals surface area contributed by atoms with Crippen molar-refractivity contribution in [2.45, 2.75) is 0 Å². The van der Waals surface area contributed by atoms with Crippen molar-refractivity contribution >= 4 is 107 Å². The minimum absolute atomic E-state index is 1.17. The zero-order chi connectivity index (χ0) is 29.9. The van der Waals surface area contributed by atoms with E-state index >= 15 is 0 Å². The molecule has 0 aliphatic rings. The monoisotopic (exact) mass is 620 g/mol. The van der Waals surface area contributed by atoms with Crippen LogP contribution in [0, 0.1) is 0 Å². The summed E-state index contributed by atoms with van der Waals surface area (Å²) in [5, 5.41) is 10.5. The maximum Gasteiger partial charge on any atom is 0.0803 e. The van der Waals surface area contributed by atoms with E-state index < -0.39 is 0 Å². The van der Waals surface area contributed by atoms with Crippen molar-refractivity contribution in [2.75, 3.05) is 0 Å². The molecule has 0 amide bonds. The molecule has 0 saturated heterocycles. The second kappa shape index (κ2) is 9.07. The normalized spacial score (nSPS) is 12.3. The van der Waals surface area contributed by atoms with Crippen molar-refractivity contribution in [3.8, 4) is 11.4 Å². The molecular formula is C42H24N2S2. The van der Waals surface area contributed by atoms with Crippen LogP contribution in [0.25, 0.3) is 95.3 Å². The summed E-state index contributed by atoms with van der Waals surface area (Å²) in [6.45, 7) is 0. The SMILES string of the molecule is c1ccc(-n2c3ccccc3c3c4c5ccccc5sc4c4c5ccccc5n(-c5ccc6sc7ccccc7c6c5)c4c32)cc1. The van der Waals surface area contributed by atoms with Gasteiger partial charge in [-0.05, 0) is 54.6 Å². The smallest absolute Gasteiger partial charge is 0.0803 e. The molecule has 0 atom stereocenters. The molecule has 0 fully saturated rings. The van der Waals surface area contributed by atoms with Crippen LogP contribution in [0.4, 0.5) is 0 Å². The van der Waals surface area contributed by atoms with Crippen LogP contribution in [0.2, 0.25) is 0 Å². The van der Waals surface area contributed by atoms with Crippen LogP contribution in [0.1, 0.15) is 0 Å². The molecule has 0 aliphatic heterocycles. The topological polar surface area (TPSA) is 9.86 Å². The summed E-state index contributed by atoms with van der Waals surface area (Å²) >= 11 is 3.80. The summed E-state index contributed by atoms with van der Waals surface area (Å²) in [6.07, 6.45) is 0. The maximum atomic E-state index is 2.54. The van der Waals surface area contributed by atoms with Crippen molar-refractivity contribution in [3.63, 3.8) is 0 Å². The van der Waals surface area contributed by atoms with E-state index in [9.17, 15) is 0 Å². The molecular weight excluding hydrogens is 597 g/mol. The molecule has 0 spiro atoms. The number of thiophene rings is 2. The minimum atomic E-state index is 1.17. The van der Waals surface area contributed by atoms with Gasteiger partial charge in [0.25, 0.3) is 0 Å². The van der Waals surface area contributed by atoms with Crippen molar-refractivity contribution in [3.05, 3.63) is 146 Å². The number of para-hydroxylation sites is 3. The fourth-order valence-electron chi connectivity index (χ4n) is 7.85. The summed E-state index contributed by atoms with van der Waals surface area (Å²) in [7, 11) is 0. The molecule has 4 heteroatoms. The Labute approximate surface area is 271 Å². The van der Waals surface area contributed by atoms with Crippen LogP contribution < -0.4 is 0 Å². The fourth-order valence-corrected chi connectivity index (χ4v) is 10.2. The van der Waals surface area contributed by atoms with Crippen LogP contribution in [-0.2, 0) is 0 Å². The second-order valence-corrected chi connectivity index (χ2v) is 14.2. The molecule has 2 nitrogen and oxygen atoms in total. The Morgan fingerprint density at radius 1 is 0.348 bits per heavy atom. The van der Waals surface area contributed by atoms with Gasteiger partial charge in [0.2, 0.25) is 0 Å². The predicted octanol–water partition coefficient (Wildman–Crippen LogP) is 12.6. The van der Waals surface area contributed by atoms with Crippen LogP contribution >= 0.6 is 22.7 Å². The van der Waals surface area contributed by atoms with Gasteiger partial charge in [-0.3, -0.25) is 0 Å². The highest BCUT2D eigenvalue weighted by Crippen LogP contribution is 2.51. The highest BCUT2D eigenvalue weighted by atomic mass is 32.1. The Balaban J connectivity index is 1.46. The number of fused-ring (bicyclic) bond motifs is 15. The lowest BCUT2D eigenvalue weighted by atomic mass is 10.0. The lowest BCUT2D eigenvalue weighted by molar-refractivity contribution is 1.15. The number of rotatable bonds is 2. The summed E-state index contributed by atoms with van der Waals surface area (Å²) in [6, 6.07) is 53.6. The van der Waals surface area contributed by atoms with Gasteiger partial charge in [-0.15, -0.1) is 22.7 Å². The van der Waals surface area contributed by atoms with Gasteiger partial charge >= 0.3 is 0 Å². The quantitative estimate of drug-likeness (QED) is 0.182. The van der Waals surface area contributed by atoms with Gasteiger partial charge in [0, 0.05) is 73.3 Å². The first kappa shape index (κ1) is 24.8. The number of hydrogen-bond donors (Lipinski definition) is 0. The maximum absolute atomic E-state index is 2.54. The highest BCUT2D eigenvalue weighted by Gasteiger charge is 2.26. The second-order valence-electron chi connectivity index (χ2n) is 12.1. The van der Waals surface area contributed by atoms with Crippen molar-refractivity contribution in [1.29, 1.82) is 0 Å². The summed E-state index contributed by atoms with van der Waals surface area (Å²) in [5.41, 5.74) is 7.33. The van der Waals surface area contributed by atoms with Crippen LogP contribution in [0.3, 0.4) is 0 Å². The third-order valence-corrected chi connectivity index (χ3v) is 12.0. The predicted molar refractivity (Wildman–Crippen MR) is 201 cm³/mol. The van der Waals surface area contributed by atoms with Crippen molar-refractivity contribution in [1.82, 2.24) is 9.13 Å². The Morgan fingerprint density at radius 3 is 1.65 bits per heavy atom. The highest BCUT2D eigenvalue weighted by molar-refractivity contribution is 7.27. The van der Waals surface area contributed by atoms with Crippen LogP contribution in [0.5, 0.6) is 0 Å². The molecule has 0 aliphatic carbocycles. The van der Waals surface area contributed by atoms with Gasteiger partial charge in [0.05, 0.1) is 22.1 Å². The third kappa shape index (κ3) is 3.15. The molecule has 11 aromatic rings. The van der Waals surface area contributed by atoms with E-state index in [0.717, 1.165) is 0 Å². The molecule has 0 radical (unpaired) electrons. The first-order valence-electron chi connectivity index (χ1n) is 15.6. The van der Waals surface area contributed by atoms with E-state index in [4.69, 9.17) is 0 Å². The van der Waals surface area contributed by atoms with E-state index in [1.807, 2.05) is 22.7 Å². The minimum Gasteiger partial charge on any atom is -0.307 e. The Morgan fingerprint density at radius 2 is 0.891 bits per heavy atom. The zero-order valence-corrected chi connectivity index (χ0v) is 26.2. The first-order chi connectivity index (χ1) is 22.8. The van der Waals surface area contributed by atoms with Crippen molar-refractivity contribution < 1.29 is 0 Å². The number of hydrogen-bond acceptors (Lipinski definition) is 2. The lowest BCUT2D eigenvalue weighted by Gasteiger charge is -2.13. The lowest BCUT2D eigenvalue weighted by Crippen LogP contribution is -1.98.